The van der Waals surface area contributed by atoms with Gasteiger partial charge in [-0.25, -0.2) is 0 Å². The van der Waals surface area contributed by atoms with E-state index >= 15 is 0 Å². The first-order valence-electron chi connectivity index (χ1n) is 10.8. The Kier molecular flexibility index (Phi) is 5.85. The van der Waals surface area contributed by atoms with Crippen LogP contribution in [0.5, 0.6) is 11.5 Å². The molecule has 3 N–H and O–H groups in total. The number of hydrogen-bond acceptors (Lipinski definition) is 4. The van der Waals surface area contributed by atoms with E-state index in [2.05, 4.69) is 35.4 Å². The largest absolute Gasteiger partial charge is 0.508 e. The fourth-order valence-corrected chi connectivity index (χ4v) is 4.29. The predicted octanol–water partition coefficient (Wildman–Crippen LogP) is 4.89. The third kappa shape index (κ3) is 4.09. The maximum Gasteiger partial charge on any atom is 0.204 e. The van der Waals surface area contributed by atoms with Crippen molar-refractivity contribution in [2.45, 2.75) is 51.2 Å². The number of phenols is 1. The highest BCUT2D eigenvalue weighted by Gasteiger charge is 2.30. The van der Waals surface area contributed by atoms with Crippen molar-refractivity contribution in [2.24, 2.45) is 11.7 Å². The Hall–Kier alpha value is -3.46. The highest BCUT2D eigenvalue weighted by Crippen LogP contribution is 2.43. The van der Waals surface area contributed by atoms with Crippen LogP contribution in [0, 0.1) is 17.2 Å². The van der Waals surface area contributed by atoms with Gasteiger partial charge in [-0.2, -0.15) is 5.26 Å². The van der Waals surface area contributed by atoms with Gasteiger partial charge in [-0.3, -0.25) is 4.79 Å². The number of benzene rings is 2. The Balaban J connectivity index is 0.000000730. The number of nitrogens with two attached hydrogens (primary N) is 1. The lowest BCUT2D eigenvalue weighted by atomic mass is 9.92. The molecule has 1 aromatic heterocycles. The van der Waals surface area contributed by atoms with Gasteiger partial charge in [0.1, 0.15) is 17.6 Å². The van der Waals surface area contributed by atoms with Gasteiger partial charge in [0.15, 0.2) is 0 Å². The minimum absolute atomic E-state index is 0.236. The number of nitriles is 1. The van der Waals surface area contributed by atoms with Crippen LogP contribution in [0.15, 0.2) is 42.5 Å². The maximum absolute atomic E-state index is 10.0. The van der Waals surface area contributed by atoms with Gasteiger partial charge in [-0.1, -0.05) is 0 Å². The zero-order valence-corrected chi connectivity index (χ0v) is 17.6. The molecule has 160 valence electrons. The number of primary amides is 1. The van der Waals surface area contributed by atoms with Crippen molar-refractivity contribution < 1.29 is 14.6 Å². The smallest absolute Gasteiger partial charge is 0.204 e. The monoisotopic (exact) mass is 417 g/mol. The van der Waals surface area contributed by atoms with Crippen molar-refractivity contribution in [2.75, 3.05) is 0 Å². The van der Waals surface area contributed by atoms with Crippen LogP contribution in [0.4, 0.5) is 0 Å². The van der Waals surface area contributed by atoms with Crippen LogP contribution in [-0.4, -0.2) is 22.2 Å². The quantitative estimate of drug-likeness (QED) is 0.577. The highest BCUT2D eigenvalue weighted by atomic mass is 16.5. The molecule has 6 nitrogen and oxygen atoms in total. The van der Waals surface area contributed by atoms with E-state index in [-0.39, 0.29) is 18.3 Å². The molecule has 0 bridgehead atoms. The standard InChI is InChI=1S/C24H24N2O2.CH3NO/c1-15(16-5-6-16)28-20-10-7-17(8-11-20)24-22(14-25)21-12-9-19(27)13-23(21)26(24)18-3-2-4-18;2-1-3/h7-13,15-16,18,27H,2-6H2,1H3;1H,(H2,2,3). The molecule has 2 aliphatic rings. The lowest BCUT2D eigenvalue weighted by Crippen LogP contribution is -2.17. The van der Waals surface area contributed by atoms with E-state index in [1.54, 1.807) is 12.1 Å². The summed E-state index contributed by atoms with van der Waals surface area (Å²) >= 11 is 0. The van der Waals surface area contributed by atoms with Crippen molar-refractivity contribution in [3.05, 3.63) is 48.0 Å². The molecule has 1 amide bonds. The minimum atomic E-state index is 0.236. The Labute approximate surface area is 181 Å². The first-order chi connectivity index (χ1) is 15.1. The summed E-state index contributed by atoms with van der Waals surface area (Å²) in [4.78, 5) is 8.58. The van der Waals surface area contributed by atoms with Crippen molar-refractivity contribution >= 4 is 17.3 Å². The van der Waals surface area contributed by atoms with Crippen molar-refractivity contribution in [3.8, 4) is 28.8 Å². The molecule has 1 atom stereocenters. The molecule has 2 fully saturated rings. The number of fused-ring (bicyclic) bond motifs is 1. The van der Waals surface area contributed by atoms with Gasteiger partial charge in [0.25, 0.3) is 0 Å². The summed E-state index contributed by atoms with van der Waals surface area (Å²) in [7, 11) is 0. The summed E-state index contributed by atoms with van der Waals surface area (Å²) in [5.41, 5.74) is 7.76. The van der Waals surface area contributed by atoms with E-state index in [0.717, 1.165) is 40.8 Å². The molecule has 31 heavy (non-hydrogen) atoms. The van der Waals surface area contributed by atoms with Crippen LogP contribution in [0.2, 0.25) is 0 Å². The zero-order valence-electron chi connectivity index (χ0n) is 17.6. The number of hydrogen-bond donors (Lipinski definition) is 2. The van der Waals surface area contributed by atoms with Crippen LogP contribution in [-0.2, 0) is 4.79 Å². The van der Waals surface area contributed by atoms with Gasteiger partial charge < -0.3 is 20.1 Å². The number of ether oxygens (including phenoxy) is 1. The van der Waals surface area contributed by atoms with Crippen molar-refractivity contribution in [1.29, 1.82) is 5.26 Å². The first kappa shape index (κ1) is 20.8. The van der Waals surface area contributed by atoms with Crippen LogP contribution in [0.25, 0.3) is 22.2 Å². The number of carbonyl (C=O) groups excluding carboxylic acids is 1. The van der Waals surface area contributed by atoms with E-state index in [4.69, 9.17) is 9.53 Å². The lowest BCUT2D eigenvalue weighted by Gasteiger charge is -2.30. The third-order valence-electron chi connectivity index (χ3n) is 6.28. The molecule has 0 radical (unpaired) electrons. The Bertz CT molecular complexity index is 1120. The summed E-state index contributed by atoms with van der Waals surface area (Å²) in [6.45, 7) is 2.14. The van der Waals surface area contributed by atoms with E-state index in [9.17, 15) is 10.4 Å². The molecule has 2 aromatic carbocycles. The molecule has 3 aromatic rings. The Morgan fingerprint density at radius 3 is 2.42 bits per heavy atom. The second-order valence-electron chi connectivity index (χ2n) is 8.31. The second kappa shape index (κ2) is 8.73. The zero-order chi connectivity index (χ0) is 22.0. The Morgan fingerprint density at radius 1 is 1.19 bits per heavy atom. The number of rotatable bonds is 5. The fraction of sp³-hybridized carbons (Fsp3) is 0.360. The van der Waals surface area contributed by atoms with E-state index in [1.807, 2.05) is 18.2 Å². The topological polar surface area (TPSA) is 101 Å². The lowest BCUT2D eigenvalue weighted by molar-refractivity contribution is -0.106. The number of carbonyl (C=O) groups is 1. The van der Waals surface area contributed by atoms with Gasteiger partial charge in [-0.05, 0) is 86.9 Å². The average Bonchev–Trinajstić information content (AvgIpc) is 3.52. The molecule has 5 rings (SSSR count). The molecule has 2 saturated carbocycles. The summed E-state index contributed by atoms with van der Waals surface area (Å²) < 4.78 is 8.33. The van der Waals surface area contributed by atoms with Gasteiger partial charge in [0.2, 0.25) is 6.41 Å². The number of amides is 1. The molecule has 6 heteroatoms. The highest BCUT2D eigenvalue weighted by molar-refractivity contribution is 5.95. The first-order valence-corrected chi connectivity index (χ1v) is 10.8. The summed E-state index contributed by atoms with van der Waals surface area (Å²) in [6, 6.07) is 16.2. The second-order valence-corrected chi connectivity index (χ2v) is 8.31. The maximum atomic E-state index is 10.0. The predicted molar refractivity (Wildman–Crippen MR) is 120 cm³/mol. The van der Waals surface area contributed by atoms with Crippen molar-refractivity contribution in [1.82, 2.24) is 4.57 Å². The van der Waals surface area contributed by atoms with Crippen LogP contribution >= 0.6 is 0 Å². The van der Waals surface area contributed by atoms with Gasteiger partial charge >= 0.3 is 0 Å². The van der Waals surface area contributed by atoms with E-state index in [1.165, 1.54) is 19.3 Å². The number of aromatic hydroxyl groups is 1. The number of phenolic OH excluding ortho intramolecular Hbond substituents is 1. The summed E-state index contributed by atoms with van der Waals surface area (Å²) in [5.74, 6) is 1.81. The summed E-state index contributed by atoms with van der Waals surface area (Å²) in [5, 5.41) is 20.9. The average molecular weight is 418 g/mol. The minimum Gasteiger partial charge on any atom is -0.508 e. The van der Waals surface area contributed by atoms with Crippen LogP contribution in [0.3, 0.4) is 0 Å². The Morgan fingerprint density at radius 2 is 1.87 bits per heavy atom. The molecule has 2 aliphatic carbocycles. The van der Waals surface area contributed by atoms with Gasteiger partial charge in [-0.15, -0.1) is 0 Å². The van der Waals surface area contributed by atoms with Crippen LogP contribution in [0.1, 0.15) is 50.6 Å². The number of nitrogens with zero attached hydrogens (tertiary/aromatic N) is 2. The number of aromatic nitrogens is 1. The van der Waals surface area contributed by atoms with Gasteiger partial charge in [0, 0.05) is 17.5 Å². The van der Waals surface area contributed by atoms with Gasteiger partial charge in [0.05, 0.1) is 22.9 Å². The van der Waals surface area contributed by atoms with Crippen molar-refractivity contribution in [3.63, 3.8) is 0 Å². The molecule has 1 unspecified atom stereocenters. The molecule has 1 heterocycles. The van der Waals surface area contributed by atoms with E-state index < -0.39 is 0 Å². The third-order valence-corrected chi connectivity index (χ3v) is 6.28. The van der Waals surface area contributed by atoms with E-state index in [0.29, 0.717) is 17.5 Å². The molecule has 0 spiro atoms. The van der Waals surface area contributed by atoms with Crippen LogP contribution < -0.4 is 10.5 Å². The molecule has 0 aliphatic heterocycles. The normalized spacial score (nSPS) is 16.5. The molecular weight excluding hydrogens is 390 g/mol. The SMILES string of the molecule is CC(Oc1ccc(-c2c(C#N)c3ccc(O)cc3n2C2CCC2)cc1)C1CC1.NC=O. The molecular formula is C25H27N3O3. The fourth-order valence-electron chi connectivity index (χ4n) is 4.29. The molecule has 0 saturated heterocycles. The summed E-state index contributed by atoms with van der Waals surface area (Å²) in [6.07, 6.45) is 6.45.